The first-order chi connectivity index (χ1) is 12.8. The van der Waals surface area contributed by atoms with E-state index in [2.05, 4.69) is 9.97 Å². The predicted octanol–water partition coefficient (Wildman–Crippen LogP) is 4.73. The van der Waals surface area contributed by atoms with Crippen LogP contribution < -0.4 is 0 Å². The summed E-state index contributed by atoms with van der Waals surface area (Å²) in [5.41, 5.74) is 2.48. The molecule has 0 aliphatic carbocycles. The van der Waals surface area contributed by atoms with Gasteiger partial charge in [0.15, 0.2) is 0 Å². The number of aromatic amines is 1. The van der Waals surface area contributed by atoms with Crippen LogP contribution in [-0.4, -0.2) is 32.3 Å². The maximum Gasteiger partial charge on any atom is 0.273 e. The van der Waals surface area contributed by atoms with Crippen LogP contribution in [0.4, 0.5) is 0 Å². The first-order valence-electron chi connectivity index (χ1n) is 8.54. The zero-order chi connectivity index (χ0) is 17.5. The summed E-state index contributed by atoms with van der Waals surface area (Å²) in [6.45, 7) is 0.742. The van der Waals surface area contributed by atoms with Gasteiger partial charge in [0.25, 0.3) is 5.91 Å². The third kappa shape index (κ3) is 2.64. The molecule has 1 aliphatic heterocycles. The van der Waals surface area contributed by atoms with Crippen LogP contribution in [-0.2, 0) is 0 Å². The number of para-hydroxylation sites is 2. The van der Waals surface area contributed by atoms with Crippen molar-refractivity contribution in [3.63, 3.8) is 0 Å². The molecular formula is C19H16N4OS2. The highest BCUT2D eigenvalue weighted by molar-refractivity contribution is 7.20. The molecule has 0 radical (unpaired) electrons. The second-order valence-corrected chi connectivity index (χ2v) is 8.12. The molecule has 0 bridgehead atoms. The Morgan fingerprint density at radius 1 is 1.15 bits per heavy atom. The van der Waals surface area contributed by atoms with Gasteiger partial charge in [-0.25, -0.2) is 9.97 Å². The second-order valence-electron chi connectivity index (χ2n) is 6.31. The molecule has 5 rings (SSSR count). The van der Waals surface area contributed by atoms with Crippen molar-refractivity contribution in [1.29, 1.82) is 0 Å². The number of nitrogens with one attached hydrogen (secondary N) is 1. The summed E-state index contributed by atoms with van der Waals surface area (Å²) >= 11 is 3.16. The molecule has 0 spiro atoms. The highest BCUT2D eigenvalue weighted by Crippen LogP contribution is 2.34. The average Bonchev–Trinajstić information content (AvgIpc) is 3.47. The van der Waals surface area contributed by atoms with Crippen molar-refractivity contribution < 1.29 is 4.79 Å². The van der Waals surface area contributed by atoms with Gasteiger partial charge in [0.05, 0.1) is 22.0 Å². The second kappa shape index (κ2) is 6.34. The van der Waals surface area contributed by atoms with Gasteiger partial charge in [0, 0.05) is 11.9 Å². The lowest BCUT2D eigenvalue weighted by Gasteiger charge is -2.22. The third-order valence-electron chi connectivity index (χ3n) is 4.69. The van der Waals surface area contributed by atoms with Crippen molar-refractivity contribution in [2.24, 2.45) is 0 Å². The molecule has 1 amide bonds. The number of carbonyl (C=O) groups is 1. The van der Waals surface area contributed by atoms with E-state index in [0.29, 0.717) is 5.69 Å². The Morgan fingerprint density at radius 3 is 2.92 bits per heavy atom. The topological polar surface area (TPSA) is 61.9 Å². The van der Waals surface area contributed by atoms with Crippen molar-refractivity contribution in [3.8, 4) is 9.88 Å². The summed E-state index contributed by atoms with van der Waals surface area (Å²) in [4.78, 5) is 28.7. The fourth-order valence-electron chi connectivity index (χ4n) is 3.46. The minimum absolute atomic E-state index is 0.00740. The van der Waals surface area contributed by atoms with Gasteiger partial charge in [-0.05, 0) is 36.4 Å². The Balaban J connectivity index is 1.44. The lowest BCUT2D eigenvalue weighted by molar-refractivity contribution is 0.0725. The molecule has 1 fully saturated rings. The van der Waals surface area contributed by atoms with Crippen molar-refractivity contribution in [2.75, 3.05) is 6.54 Å². The van der Waals surface area contributed by atoms with Crippen LogP contribution in [0.15, 0.2) is 47.2 Å². The van der Waals surface area contributed by atoms with E-state index >= 15 is 0 Å². The van der Waals surface area contributed by atoms with Crippen LogP contribution in [0.1, 0.15) is 35.2 Å². The van der Waals surface area contributed by atoms with Gasteiger partial charge in [0.2, 0.25) is 0 Å². The molecule has 26 heavy (non-hydrogen) atoms. The van der Waals surface area contributed by atoms with Gasteiger partial charge in [-0.15, -0.1) is 22.7 Å². The summed E-state index contributed by atoms with van der Waals surface area (Å²) in [5, 5.41) is 4.80. The number of benzene rings is 1. The van der Waals surface area contributed by atoms with Gasteiger partial charge in [-0.2, -0.15) is 0 Å². The number of carbonyl (C=O) groups excluding carboxylic acids is 1. The monoisotopic (exact) mass is 380 g/mol. The first-order valence-corrected chi connectivity index (χ1v) is 10.3. The van der Waals surface area contributed by atoms with Gasteiger partial charge < -0.3 is 9.88 Å². The lowest BCUT2D eigenvalue weighted by atomic mass is 10.2. The lowest BCUT2D eigenvalue weighted by Crippen LogP contribution is -2.31. The number of thiophene rings is 1. The Morgan fingerprint density at radius 2 is 2.08 bits per heavy atom. The van der Waals surface area contributed by atoms with Crippen LogP contribution >= 0.6 is 22.7 Å². The van der Waals surface area contributed by atoms with E-state index in [1.165, 1.54) is 11.3 Å². The maximum atomic E-state index is 13.1. The molecular weight excluding hydrogens is 364 g/mol. The van der Waals surface area contributed by atoms with E-state index in [1.54, 1.807) is 11.3 Å². The summed E-state index contributed by atoms with van der Waals surface area (Å²) in [7, 11) is 0. The molecule has 1 saturated heterocycles. The molecule has 7 heteroatoms. The minimum Gasteiger partial charge on any atom is -0.340 e. The fourth-order valence-corrected chi connectivity index (χ4v) is 5.06. The number of H-pyrrole nitrogens is 1. The van der Waals surface area contributed by atoms with Gasteiger partial charge in [0.1, 0.15) is 16.5 Å². The van der Waals surface area contributed by atoms with Gasteiger partial charge >= 0.3 is 0 Å². The number of hydrogen-bond acceptors (Lipinski definition) is 5. The zero-order valence-electron chi connectivity index (χ0n) is 13.9. The molecule has 130 valence electrons. The molecule has 0 unspecified atom stereocenters. The van der Waals surface area contributed by atoms with Crippen LogP contribution in [0.25, 0.3) is 20.9 Å². The molecule has 4 aromatic rings. The van der Waals surface area contributed by atoms with Crippen molar-refractivity contribution in [1.82, 2.24) is 19.9 Å². The summed E-state index contributed by atoms with van der Waals surface area (Å²) < 4.78 is 0. The van der Waals surface area contributed by atoms with Crippen molar-refractivity contribution >= 4 is 39.6 Å². The molecule has 1 N–H and O–H groups in total. The molecule has 1 aromatic carbocycles. The Hall–Kier alpha value is -2.51. The van der Waals surface area contributed by atoms with Crippen LogP contribution in [0.3, 0.4) is 0 Å². The first kappa shape index (κ1) is 15.7. The van der Waals surface area contributed by atoms with E-state index in [4.69, 9.17) is 4.98 Å². The van der Waals surface area contributed by atoms with E-state index < -0.39 is 0 Å². The Labute approximate surface area is 158 Å². The molecule has 1 aliphatic rings. The normalized spacial score (nSPS) is 17.2. The summed E-state index contributed by atoms with van der Waals surface area (Å²) in [6.07, 6.45) is 1.91. The third-order valence-corrected chi connectivity index (χ3v) is 6.57. The number of amides is 1. The Kier molecular flexibility index (Phi) is 3.83. The highest BCUT2D eigenvalue weighted by Gasteiger charge is 2.33. The number of rotatable bonds is 3. The van der Waals surface area contributed by atoms with Gasteiger partial charge in [-0.3, -0.25) is 4.79 Å². The number of thiazole rings is 1. The smallest absolute Gasteiger partial charge is 0.273 e. The largest absolute Gasteiger partial charge is 0.340 e. The standard InChI is InChI=1S/C19H16N4OS2/c24-19(14-11-26-18(22-14)16-8-4-10-25-16)23-9-3-7-15(23)17-20-12-5-1-2-6-13(12)21-17/h1-2,4-6,8,10-11,15H,3,7,9H2,(H,20,21)/t15-/m0/s1. The SMILES string of the molecule is O=C(c1csc(-c2cccs2)n1)N1CCC[C@H]1c1nc2ccccc2[nH]1. The zero-order valence-corrected chi connectivity index (χ0v) is 15.5. The maximum absolute atomic E-state index is 13.1. The average molecular weight is 380 g/mol. The van der Waals surface area contributed by atoms with E-state index in [1.807, 2.05) is 52.1 Å². The minimum atomic E-state index is -0.0122. The van der Waals surface area contributed by atoms with Gasteiger partial charge in [-0.1, -0.05) is 18.2 Å². The number of imidazole rings is 1. The van der Waals surface area contributed by atoms with E-state index in [9.17, 15) is 4.79 Å². The fraction of sp³-hybridized carbons (Fsp3) is 0.211. The summed E-state index contributed by atoms with van der Waals surface area (Å²) in [5.74, 6) is 0.859. The predicted molar refractivity (Wildman–Crippen MR) is 105 cm³/mol. The number of hydrogen-bond donors (Lipinski definition) is 1. The van der Waals surface area contributed by atoms with E-state index in [-0.39, 0.29) is 11.9 Å². The number of nitrogens with zero attached hydrogens (tertiary/aromatic N) is 3. The molecule has 0 saturated carbocycles. The van der Waals surface area contributed by atoms with Crippen LogP contribution in [0.5, 0.6) is 0 Å². The Bertz CT molecular complexity index is 1030. The van der Waals surface area contributed by atoms with Crippen molar-refractivity contribution in [2.45, 2.75) is 18.9 Å². The van der Waals surface area contributed by atoms with Crippen LogP contribution in [0, 0.1) is 0 Å². The molecule has 5 nitrogen and oxygen atoms in total. The van der Waals surface area contributed by atoms with Crippen LogP contribution in [0.2, 0.25) is 0 Å². The summed E-state index contributed by atoms with van der Waals surface area (Å²) in [6, 6.07) is 12.0. The quantitative estimate of drug-likeness (QED) is 0.559. The number of fused-ring (bicyclic) bond motifs is 1. The number of likely N-dealkylation sites (tertiary alicyclic amines) is 1. The molecule has 1 atom stereocenters. The van der Waals surface area contributed by atoms with Crippen molar-refractivity contribution in [3.05, 3.63) is 58.7 Å². The number of aromatic nitrogens is 3. The molecule has 4 heterocycles. The highest BCUT2D eigenvalue weighted by atomic mass is 32.1. The molecule has 3 aromatic heterocycles. The van der Waals surface area contributed by atoms with E-state index in [0.717, 1.165) is 46.1 Å².